The number of amides is 1. The Kier molecular flexibility index (Phi) is 5.49. The maximum absolute atomic E-state index is 12.5. The van der Waals surface area contributed by atoms with Crippen LogP contribution >= 0.6 is 0 Å². The van der Waals surface area contributed by atoms with Gasteiger partial charge in [-0.25, -0.2) is 0 Å². The van der Waals surface area contributed by atoms with Gasteiger partial charge in [0.15, 0.2) is 0 Å². The molecule has 3 heterocycles. The van der Waals surface area contributed by atoms with Gasteiger partial charge in [-0.2, -0.15) is 0 Å². The maximum atomic E-state index is 12.5. The van der Waals surface area contributed by atoms with Gasteiger partial charge in [0.2, 0.25) is 5.91 Å². The second-order valence-corrected chi connectivity index (χ2v) is 6.72. The van der Waals surface area contributed by atoms with E-state index in [4.69, 9.17) is 4.74 Å². The van der Waals surface area contributed by atoms with E-state index >= 15 is 0 Å². The van der Waals surface area contributed by atoms with Crippen molar-refractivity contribution in [2.45, 2.75) is 25.7 Å². The zero-order valence-electron chi connectivity index (χ0n) is 13.1. The quantitative estimate of drug-likeness (QED) is 0.826. The summed E-state index contributed by atoms with van der Waals surface area (Å²) in [6.45, 7) is 8.99. The van der Waals surface area contributed by atoms with Gasteiger partial charge in [0.05, 0.1) is 19.1 Å². The minimum atomic E-state index is 0.231. The van der Waals surface area contributed by atoms with Crippen molar-refractivity contribution in [3.63, 3.8) is 0 Å². The fraction of sp³-hybridized carbons (Fsp3) is 0.938. The number of nitrogens with zero attached hydrogens (tertiary/aromatic N) is 2. The summed E-state index contributed by atoms with van der Waals surface area (Å²) in [6.07, 6.45) is 4.55. The summed E-state index contributed by atoms with van der Waals surface area (Å²) < 4.78 is 5.40. The third kappa shape index (κ3) is 4.18. The summed E-state index contributed by atoms with van der Waals surface area (Å²) in [5.41, 5.74) is 0. The van der Waals surface area contributed by atoms with Gasteiger partial charge >= 0.3 is 0 Å². The van der Waals surface area contributed by atoms with Gasteiger partial charge in [-0.15, -0.1) is 0 Å². The average Bonchev–Trinajstić information content (AvgIpc) is 2.57. The molecule has 3 aliphatic heterocycles. The first-order chi connectivity index (χ1) is 10.3. The van der Waals surface area contributed by atoms with Crippen LogP contribution in [0.2, 0.25) is 0 Å². The fourth-order valence-electron chi connectivity index (χ4n) is 3.81. The van der Waals surface area contributed by atoms with Crippen molar-refractivity contribution >= 4 is 5.91 Å². The Morgan fingerprint density at radius 2 is 1.86 bits per heavy atom. The van der Waals surface area contributed by atoms with Crippen LogP contribution in [0.3, 0.4) is 0 Å². The van der Waals surface area contributed by atoms with Crippen molar-refractivity contribution in [1.82, 2.24) is 15.1 Å². The molecule has 0 aromatic rings. The number of likely N-dealkylation sites (tertiary alicyclic amines) is 1. The van der Waals surface area contributed by atoms with E-state index in [0.717, 1.165) is 71.2 Å². The maximum Gasteiger partial charge on any atom is 0.226 e. The first-order valence-corrected chi connectivity index (χ1v) is 8.62. The van der Waals surface area contributed by atoms with E-state index < -0.39 is 0 Å². The van der Waals surface area contributed by atoms with Crippen LogP contribution in [0.15, 0.2) is 0 Å². The molecule has 0 aromatic heterocycles. The van der Waals surface area contributed by atoms with Crippen molar-refractivity contribution in [1.29, 1.82) is 0 Å². The zero-order valence-corrected chi connectivity index (χ0v) is 13.1. The number of ether oxygens (including phenoxy) is 1. The molecule has 5 heteroatoms. The Balaban J connectivity index is 1.40. The molecule has 3 rings (SSSR count). The molecular weight excluding hydrogens is 266 g/mol. The van der Waals surface area contributed by atoms with E-state index in [1.165, 1.54) is 19.4 Å². The summed E-state index contributed by atoms with van der Waals surface area (Å²) in [6, 6.07) is 0. The molecule has 0 unspecified atom stereocenters. The monoisotopic (exact) mass is 295 g/mol. The topological polar surface area (TPSA) is 44.8 Å². The van der Waals surface area contributed by atoms with Gasteiger partial charge in [-0.1, -0.05) is 0 Å². The Morgan fingerprint density at radius 1 is 1.10 bits per heavy atom. The summed E-state index contributed by atoms with van der Waals surface area (Å²) in [5, 5.41) is 3.35. The zero-order chi connectivity index (χ0) is 14.5. The van der Waals surface area contributed by atoms with Crippen LogP contribution in [0.25, 0.3) is 0 Å². The van der Waals surface area contributed by atoms with Gasteiger partial charge in [0, 0.05) is 39.3 Å². The number of carbonyl (C=O) groups excluding carboxylic acids is 1. The highest BCUT2D eigenvalue weighted by atomic mass is 16.5. The minimum Gasteiger partial charge on any atom is -0.379 e. The fourth-order valence-corrected chi connectivity index (χ4v) is 3.81. The smallest absolute Gasteiger partial charge is 0.226 e. The Hall–Kier alpha value is -0.650. The average molecular weight is 295 g/mol. The number of hydrogen-bond donors (Lipinski definition) is 1. The lowest BCUT2D eigenvalue weighted by Crippen LogP contribution is -2.48. The van der Waals surface area contributed by atoms with Gasteiger partial charge in [-0.05, 0) is 38.1 Å². The highest BCUT2D eigenvalue weighted by Gasteiger charge is 2.29. The van der Waals surface area contributed by atoms with Crippen LogP contribution in [0, 0.1) is 11.8 Å². The van der Waals surface area contributed by atoms with Crippen LogP contribution in [0.5, 0.6) is 0 Å². The molecule has 3 aliphatic rings. The molecule has 0 spiro atoms. The largest absolute Gasteiger partial charge is 0.379 e. The lowest BCUT2D eigenvalue weighted by Gasteiger charge is -2.37. The molecule has 1 amide bonds. The third-order valence-electron chi connectivity index (χ3n) is 5.19. The van der Waals surface area contributed by atoms with Crippen LogP contribution in [-0.2, 0) is 9.53 Å². The van der Waals surface area contributed by atoms with E-state index in [1.54, 1.807) is 0 Å². The lowest BCUT2D eigenvalue weighted by molar-refractivity contribution is -0.137. The van der Waals surface area contributed by atoms with Crippen molar-refractivity contribution in [2.75, 3.05) is 59.0 Å². The molecule has 0 bridgehead atoms. The van der Waals surface area contributed by atoms with Crippen LogP contribution in [0.1, 0.15) is 25.7 Å². The van der Waals surface area contributed by atoms with E-state index in [9.17, 15) is 4.79 Å². The molecule has 21 heavy (non-hydrogen) atoms. The molecule has 3 fully saturated rings. The summed E-state index contributed by atoms with van der Waals surface area (Å²) in [4.78, 5) is 17.2. The van der Waals surface area contributed by atoms with Gasteiger partial charge in [0.1, 0.15) is 0 Å². The Bertz CT molecular complexity index is 330. The Labute approximate surface area is 128 Å². The van der Waals surface area contributed by atoms with Gasteiger partial charge in [0.25, 0.3) is 0 Å². The summed E-state index contributed by atoms with van der Waals surface area (Å²) in [5.74, 6) is 1.39. The van der Waals surface area contributed by atoms with E-state index in [-0.39, 0.29) is 5.92 Å². The second-order valence-electron chi connectivity index (χ2n) is 6.72. The summed E-state index contributed by atoms with van der Waals surface area (Å²) in [7, 11) is 0. The molecule has 0 saturated carbocycles. The number of hydrogen-bond acceptors (Lipinski definition) is 4. The Morgan fingerprint density at radius 3 is 2.52 bits per heavy atom. The normalized spacial score (nSPS) is 29.5. The number of nitrogens with one attached hydrogen (secondary N) is 1. The molecule has 3 saturated heterocycles. The van der Waals surface area contributed by atoms with Crippen molar-refractivity contribution < 1.29 is 9.53 Å². The first-order valence-electron chi connectivity index (χ1n) is 8.62. The van der Waals surface area contributed by atoms with Gasteiger partial charge in [-0.3, -0.25) is 9.69 Å². The molecule has 0 aliphatic carbocycles. The molecular formula is C16H29N3O2. The second kappa shape index (κ2) is 7.56. The van der Waals surface area contributed by atoms with Crippen molar-refractivity contribution in [3.05, 3.63) is 0 Å². The highest BCUT2D eigenvalue weighted by Crippen LogP contribution is 2.22. The molecule has 0 radical (unpaired) electrons. The number of rotatable bonds is 3. The molecule has 0 aromatic carbocycles. The summed E-state index contributed by atoms with van der Waals surface area (Å²) >= 11 is 0. The number of piperidine rings is 2. The van der Waals surface area contributed by atoms with Crippen LogP contribution in [0.4, 0.5) is 0 Å². The van der Waals surface area contributed by atoms with Crippen molar-refractivity contribution in [2.24, 2.45) is 11.8 Å². The van der Waals surface area contributed by atoms with Gasteiger partial charge < -0.3 is 15.0 Å². The molecule has 1 N–H and O–H groups in total. The lowest BCUT2D eigenvalue weighted by atomic mass is 9.93. The van der Waals surface area contributed by atoms with Crippen LogP contribution < -0.4 is 5.32 Å². The van der Waals surface area contributed by atoms with Crippen LogP contribution in [-0.4, -0.2) is 74.7 Å². The SMILES string of the molecule is O=C([C@@H]1CCCNC1)N1CCC(CN2CCOCC2)CC1. The highest BCUT2D eigenvalue weighted by molar-refractivity contribution is 5.79. The van der Waals surface area contributed by atoms with E-state index in [1.807, 2.05) is 0 Å². The third-order valence-corrected chi connectivity index (χ3v) is 5.19. The molecule has 1 atom stereocenters. The number of morpholine rings is 1. The molecule has 120 valence electrons. The number of carbonyl (C=O) groups is 1. The molecule has 5 nitrogen and oxygen atoms in total. The predicted molar refractivity (Wildman–Crippen MR) is 82.2 cm³/mol. The van der Waals surface area contributed by atoms with Crippen molar-refractivity contribution in [3.8, 4) is 0 Å². The first kappa shape index (κ1) is 15.3. The predicted octanol–water partition coefficient (Wildman–Crippen LogP) is 0.557. The van der Waals surface area contributed by atoms with E-state index in [0.29, 0.717) is 5.91 Å². The van der Waals surface area contributed by atoms with E-state index in [2.05, 4.69) is 15.1 Å². The minimum absolute atomic E-state index is 0.231. The standard InChI is InChI=1S/C16H29N3O2/c20-16(15-2-1-5-17-12-15)19-6-3-14(4-7-19)13-18-8-10-21-11-9-18/h14-15,17H,1-13H2/t15-/m1/s1.